The summed E-state index contributed by atoms with van der Waals surface area (Å²) in [6.07, 6.45) is 1.36. The molecule has 0 aliphatic carbocycles. The highest BCUT2D eigenvalue weighted by Gasteiger charge is 2.37. The maximum atomic E-state index is 12.2. The van der Waals surface area contributed by atoms with Crippen LogP contribution in [0.4, 0.5) is 4.79 Å². The molecule has 1 aliphatic heterocycles. The Morgan fingerprint density at radius 1 is 0.842 bits per heavy atom. The fourth-order valence-corrected chi connectivity index (χ4v) is 1.89. The Hall–Kier alpha value is -1.39. The van der Waals surface area contributed by atoms with Crippen LogP contribution in [-0.4, -0.2) is 40.7 Å². The first-order valence-corrected chi connectivity index (χ1v) is 6.97. The van der Waals surface area contributed by atoms with Crippen molar-refractivity contribution in [3.8, 4) is 0 Å². The van der Waals surface area contributed by atoms with Crippen molar-refractivity contribution < 1.29 is 14.4 Å². The molecule has 4 amide bonds. The Kier molecular flexibility index (Phi) is 5.51. The van der Waals surface area contributed by atoms with E-state index in [0.29, 0.717) is 24.9 Å². The minimum atomic E-state index is -0.442. The van der Waals surface area contributed by atoms with Gasteiger partial charge in [0.2, 0.25) is 11.8 Å². The molecule has 1 saturated heterocycles. The molecule has 0 N–H and O–H groups in total. The molecule has 0 aromatic carbocycles. The van der Waals surface area contributed by atoms with Crippen molar-refractivity contribution in [3.05, 3.63) is 0 Å². The lowest BCUT2D eigenvalue weighted by molar-refractivity contribution is -0.142. The maximum Gasteiger partial charge on any atom is 0.333 e. The highest BCUT2D eigenvalue weighted by molar-refractivity contribution is 6.14. The Morgan fingerprint density at radius 2 is 1.21 bits per heavy atom. The van der Waals surface area contributed by atoms with Crippen molar-refractivity contribution in [3.63, 3.8) is 0 Å². The van der Waals surface area contributed by atoms with E-state index in [1.165, 1.54) is 9.80 Å². The standard InChI is InChI=1S/C14H24N2O3/c1-10(2)5-7-15-12(17)9-13(18)16(14(15)19)8-6-11(3)4/h10-11H,5-9H2,1-4H3. The average Bonchev–Trinajstić information content (AvgIpc) is 2.27. The summed E-state index contributed by atoms with van der Waals surface area (Å²) in [4.78, 5) is 38.2. The summed E-state index contributed by atoms with van der Waals surface area (Å²) in [6, 6.07) is -0.442. The van der Waals surface area contributed by atoms with Crippen LogP contribution in [0.5, 0.6) is 0 Å². The second-order valence-electron chi connectivity index (χ2n) is 5.92. The number of rotatable bonds is 6. The quantitative estimate of drug-likeness (QED) is 0.694. The number of hydrogen-bond donors (Lipinski definition) is 0. The third kappa shape index (κ3) is 4.33. The Morgan fingerprint density at radius 3 is 1.53 bits per heavy atom. The molecule has 1 heterocycles. The lowest BCUT2D eigenvalue weighted by Gasteiger charge is -2.33. The Balaban J connectivity index is 2.69. The summed E-state index contributed by atoms with van der Waals surface area (Å²) < 4.78 is 0. The predicted octanol–water partition coefficient (Wildman–Crippen LogP) is 2.26. The van der Waals surface area contributed by atoms with Crippen molar-refractivity contribution in [1.29, 1.82) is 0 Å². The number of barbiturate groups is 1. The molecule has 5 nitrogen and oxygen atoms in total. The van der Waals surface area contributed by atoms with Crippen LogP contribution in [-0.2, 0) is 9.59 Å². The van der Waals surface area contributed by atoms with E-state index in [4.69, 9.17) is 0 Å². The summed E-state index contributed by atoms with van der Waals surface area (Å²) in [5.41, 5.74) is 0. The van der Waals surface area contributed by atoms with Gasteiger partial charge in [-0.05, 0) is 24.7 Å². The van der Waals surface area contributed by atoms with E-state index < -0.39 is 6.03 Å². The molecule has 0 unspecified atom stereocenters. The molecule has 1 rings (SSSR count). The van der Waals surface area contributed by atoms with Gasteiger partial charge in [0.15, 0.2) is 0 Å². The molecular weight excluding hydrogens is 244 g/mol. The van der Waals surface area contributed by atoms with Gasteiger partial charge in [-0.1, -0.05) is 27.7 Å². The van der Waals surface area contributed by atoms with Crippen LogP contribution < -0.4 is 0 Å². The van der Waals surface area contributed by atoms with Gasteiger partial charge in [0.25, 0.3) is 0 Å². The summed E-state index contributed by atoms with van der Waals surface area (Å²) >= 11 is 0. The van der Waals surface area contributed by atoms with E-state index in [0.717, 1.165) is 12.8 Å². The summed E-state index contributed by atoms with van der Waals surface area (Å²) in [5, 5.41) is 0. The van der Waals surface area contributed by atoms with Crippen molar-refractivity contribution in [2.24, 2.45) is 11.8 Å². The van der Waals surface area contributed by atoms with Gasteiger partial charge in [0, 0.05) is 13.1 Å². The van der Waals surface area contributed by atoms with Crippen molar-refractivity contribution in [2.45, 2.75) is 47.0 Å². The topological polar surface area (TPSA) is 57.7 Å². The van der Waals surface area contributed by atoms with E-state index in [2.05, 4.69) is 0 Å². The second kappa shape index (κ2) is 6.68. The highest BCUT2D eigenvalue weighted by atomic mass is 16.2. The zero-order valence-electron chi connectivity index (χ0n) is 12.3. The first kappa shape index (κ1) is 15.7. The van der Waals surface area contributed by atoms with E-state index in [9.17, 15) is 14.4 Å². The highest BCUT2D eigenvalue weighted by Crippen LogP contribution is 2.16. The first-order chi connectivity index (χ1) is 8.82. The van der Waals surface area contributed by atoms with Crippen LogP contribution >= 0.6 is 0 Å². The van der Waals surface area contributed by atoms with Gasteiger partial charge in [-0.15, -0.1) is 0 Å². The zero-order valence-corrected chi connectivity index (χ0v) is 12.3. The van der Waals surface area contributed by atoms with Crippen molar-refractivity contribution >= 4 is 17.8 Å². The molecule has 0 atom stereocenters. The maximum absolute atomic E-state index is 12.2. The minimum Gasteiger partial charge on any atom is -0.274 e. The molecule has 0 aromatic rings. The number of urea groups is 1. The van der Waals surface area contributed by atoms with Crippen LogP contribution in [0.3, 0.4) is 0 Å². The Bertz CT molecular complexity index is 332. The van der Waals surface area contributed by atoms with Crippen LogP contribution in [0.2, 0.25) is 0 Å². The largest absolute Gasteiger partial charge is 0.333 e. The number of amides is 4. The molecule has 1 fully saturated rings. The van der Waals surface area contributed by atoms with Gasteiger partial charge in [-0.2, -0.15) is 0 Å². The smallest absolute Gasteiger partial charge is 0.274 e. The third-order valence-corrected chi connectivity index (χ3v) is 3.23. The second-order valence-corrected chi connectivity index (χ2v) is 5.92. The average molecular weight is 268 g/mol. The van der Waals surface area contributed by atoms with Crippen LogP contribution in [0.15, 0.2) is 0 Å². The number of hydrogen-bond acceptors (Lipinski definition) is 3. The molecule has 108 valence electrons. The molecule has 0 radical (unpaired) electrons. The van der Waals surface area contributed by atoms with Crippen LogP contribution in [0.1, 0.15) is 47.0 Å². The fourth-order valence-electron chi connectivity index (χ4n) is 1.89. The van der Waals surface area contributed by atoms with E-state index in [1.54, 1.807) is 0 Å². The van der Waals surface area contributed by atoms with Gasteiger partial charge in [0.1, 0.15) is 6.42 Å². The fraction of sp³-hybridized carbons (Fsp3) is 0.786. The summed E-state index contributed by atoms with van der Waals surface area (Å²) in [5.74, 6) is 0.109. The molecule has 0 spiro atoms. The SMILES string of the molecule is CC(C)CCN1C(=O)CC(=O)N(CCC(C)C)C1=O. The lowest BCUT2D eigenvalue weighted by atomic mass is 10.1. The van der Waals surface area contributed by atoms with Gasteiger partial charge >= 0.3 is 6.03 Å². The zero-order chi connectivity index (χ0) is 14.6. The van der Waals surface area contributed by atoms with Gasteiger partial charge in [0.05, 0.1) is 0 Å². The minimum absolute atomic E-state index is 0.179. The molecule has 0 saturated carbocycles. The predicted molar refractivity (Wildman–Crippen MR) is 72.3 cm³/mol. The monoisotopic (exact) mass is 268 g/mol. The number of carbonyl (C=O) groups excluding carboxylic acids is 3. The van der Waals surface area contributed by atoms with E-state index in [-0.39, 0.29) is 18.2 Å². The molecule has 1 aliphatic rings. The third-order valence-electron chi connectivity index (χ3n) is 3.23. The number of imide groups is 2. The van der Waals surface area contributed by atoms with E-state index >= 15 is 0 Å². The first-order valence-electron chi connectivity index (χ1n) is 6.97. The van der Waals surface area contributed by atoms with Gasteiger partial charge in [-0.25, -0.2) is 4.79 Å². The van der Waals surface area contributed by atoms with E-state index in [1.807, 2.05) is 27.7 Å². The van der Waals surface area contributed by atoms with Crippen LogP contribution in [0, 0.1) is 11.8 Å². The number of nitrogens with zero attached hydrogens (tertiary/aromatic N) is 2. The Labute approximate surface area is 114 Å². The van der Waals surface area contributed by atoms with Gasteiger partial charge in [-0.3, -0.25) is 19.4 Å². The normalized spacial score (nSPS) is 17.1. The molecule has 19 heavy (non-hydrogen) atoms. The molecular formula is C14H24N2O3. The van der Waals surface area contributed by atoms with Crippen molar-refractivity contribution in [1.82, 2.24) is 9.80 Å². The van der Waals surface area contributed by atoms with Gasteiger partial charge < -0.3 is 0 Å². The number of carbonyl (C=O) groups is 3. The van der Waals surface area contributed by atoms with Crippen molar-refractivity contribution in [2.75, 3.05) is 13.1 Å². The lowest BCUT2D eigenvalue weighted by Crippen LogP contribution is -2.55. The molecule has 5 heteroatoms. The molecule has 0 aromatic heterocycles. The molecule has 0 bridgehead atoms. The summed E-state index contributed by atoms with van der Waals surface area (Å²) in [7, 11) is 0. The van der Waals surface area contributed by atoms with Crippen LogP contribution in [0.25, 0.3) is 0 Å². The summed E-state index contributed by atoms with van der Waals surface area (Å²) in [6.45, 7) is 8.98.